The molecule has 1 aliphatic rings. The molecule has 0 heterocycles. The van der Waals surface area contributed by atoms with Crippen LogP contribution in [-0.2, 0) is 10.8 Å². The van der Waals surface area contributed by atoms with Crippen molar-refractivity contribution >= 4 is 12.1 Å². The minimum Gasteiger partial charge on any atom is -0.478 e. The summed E-state index contributed by atoms with van der Waals surface area (Å²) in [4.78, 5) is 23.0. The van der Waals surface area contributed by atoms with E-state index in [4.69, 9.17) is 14.6 Å². The number of hydrogen-bond acceptors (Lipinski definition) is 4. The van der Waals surface area contributed by atoms with Gasteiger partial charge in [0.15, 0.2) is 0 Å². The molecule has 0 saturated carbocycles. The Kier molecular flexibility index (Phi) is 4.72. The molecular formula is C22H24O5. The minimum absolute atomic E-state index is 0.0147. The minimum atomic E-state index is -1.04. The Morgan fingerprint density at radius 2 is 1.33 bits per heavy atom. The number of carboxylic acids is 1. The summed E-state index contributed by atoms with van der Waals surface area (Å²) < 4.78 is 10.5. The van der Waals surface area contributed by atoms with Crippen molar-refractivity contribution in [3.63, 3.8) is 0 Å². The van der Waals surface area contributed by atoms with Gasteiger partial charge in [-0.15, -0.1) is 0 Å². The van der Waals surface area contributed by atoms with Crippen molar-refractivity contribution in [2.45, 2.75) is 51.4 Å². The molecular weight excluding hydrogens is 344 g/mol. The Morgan fingerprint density at radius 3 is 1.93 bits per heavy atom. The molecule has 3 rings (SSSR count). The number of ether oxygens (including phenoxy) is 2. The molecule has 1 N–H and O–H groups in total. The Morgan fingerprint density at radius 1 is 0.815 bits per heavy atom. The first kappa shape index (κ1) is 19.0. The Bertz CT molecular complexity index is 878. The van der Waals surface area contributed by atoms with Crippen molar-refractivity contribution < 1.29 is 24.2 Å². The van der Waals surface area contributed by atoms with Crippen molar-refractivity contribution in [3.05, 3.63) is 59.2 Å². The molecule has 5 heteroatoms. The van der Waals surface area contributed by atoms with Crippen LogP contribution in [0.25, 0.3) is 0 Å². The number of fused-ring (bicyclic) bond motifs is 1. The second kappa shape index (κ2) is 6.72. The summed E-state index contributed by atoms with van der Waals surface area (Å²) in [5, 5.41) is 8.90. The summed E-state index contributed by atoms with van der Waals surface area (Å²) in [5.74, 6) is -0.375. The third-order valence-electron chi connectivity index (χ3n) is 5.33. The maximum atomic E-state index is 12.1. The van der Waals surface area contributed by atoms with E-state index in [1.807, 2.05) is 12.1 Å². The van der Waals surface area contributed by atoms with Gasteiger partial charge in [-0.05, 0) is 71.2 Å². The highest BCUT2D eigenvalue weighted by atomic mass is 16.7. The molecule has 0 atom stereocenters. The van der Waals surface area contributed by atoms with Gasteiger partial charge in [0, 0.05) is 0 Å². The maximum Gasteiger partial charge on any atom is 0.519 e. The number of aromatic carboxylic acids is 1. The molecule has 0 saturated heterocycles. The van der Waals surface area contributed by atoms with Gasteiger partial charge < -0.3 is 14.6 Å². The van der Waals surface area contributed by atoms with E-state index in [-0.39, 0.29) is 22.1 Å². The van der Waals surface area contributed by atoms with Crippen molar-refractivity contribution in [2.75, 3.05) is 0 Å². The lowest BCUT2D eigenvalue weighted by Gasteiger charge is -2.41. The fraction of sp³-hybridized carbons (Fsp3) is 0.364. The van der Waals surface area contributed by atoms with Crippen LogP contribution in [0, 0.1) is 0 Å². The highest BCUT2D eigenvalue weighted by Crippen LogP contribution is 2.46. The average molecular weight is 368 g/mol. The quantitative estimate of drug-likeness (QED) is 0.587. The fourth-order valence-corrected chi connectivity index (χ4v) is 3.51. The summed E-state index contributed by atoms with van der Waals surface area (Å²) in [6.45, 7) is 8.87. The van der Waals surface area contributed by atoms with Crippen LogP contribution in [0.15, 0.2) is 42.5 Å². The zero-order chi connectivity index (χ0) is 19.8. The molecule has 5 nitrogen and oxygen atoms in total. The average Bonchev–Trinajstić information content (AvgIpc) is 2.59. The van der Waals surface area contributed by atoms with E-state index >= 15 is 0 Å². The number of carbonyl (C=O) groups excluding carboxylic acids is 1. The van der Waals surface area contributed by atoms with Gasteiger partial charge in [0.05, 0.1) is 5.56 Å². The van der Waals surface area contributed by atoms with Crippen LogP contribution in [0.4, 0.5) is 4.79 Å². The van der Waals surface area contributed by atoms with Crippen LogP contribution in [0.2, 0.25) is 0 Å². The first-order valence-electron chi connectivity index (χ1n) is 8.96. The Labute approximate surface area is 158 Å². The number of rotatable bonds is 3. The van der Waals surface area contributed by atoms with E-state index in [1.54, 1.807) is 6.07 Å². The lowest BCUT2D eigenvalue weighted by Crippen LogP contribution is -2.33. The summed E-state index contributed by atoms with van der Waals surface area (Å²) in [5.41, 5.74) is 2.70. The van der Waals surface area contributed by atoms with E-state index in [0.29, 0.717) is 5.75 Å². The second-order valence-corrected chi connectivity index (χ2v) is 8.26. The molecule has 0 bridgehead atoms. The van der Waals surface area contributed by atoms with E-state index in [9.17, 15) is 9.59 Å². The van der Waals surface area contributed by atoms with Gasteiger partial charge in [-0.2, -0.15) is 0 Å². The molecule has 0 amide bonds. The van der Waals surface area contributed by atoms with Crippen molar-refractivity contribution in [2.24, 2.45) is 0 Å². The maximum absolute atomic E-state index is 12.1. The Hall–Kier alpha value is -2.82. The van der Waals surface area contributed by atoms with Crippen LogP contribution < -0.4 is 9.47 Å². The van der Waals surface area contributed by atoms with Gasteiger partial charge in [0.2, 0.25) is 0 Å². The van der Waals surface area contributed by atoms with Crippen LogP contribution in [0.1, 0.15) is 62.0 Å². The third-order valence-corrected chi connectivity index (χ3v) is 5.33. The van der Waals surface area contributed by atoms with Gasteiger partial charge in [0.25, 0.3) is 0 Å². The predicted molar refractivity (Wildman–Crippen MR) is 102 cm³/mol. The van der Waals surface area contributed by atoms with Crippen LogP contribution in [0.3, 0.4) is 0 Å². The zero-order valence-electron chi connectivity index (χ0n) is 16.0. The zero-order valence-corrected chi connectivity index (χ0v) is 16.0. The highest BCUT2D eigenvalue weighted by molar-refractivity contribution is 5.87. The van der Waals surface area contributed by atoms with Crippen molar-refractivity contribution in [1.82, 2.24) is 0 Å². The van der Waals surface area contributed by atoms with Gasteiger partial charge >= 0.3 is 12.1 Å². The predicted octanol–water partition coefficient (Wildman–Crippen LogP) is 5.31. The first-order valence-corrected chi connectivity index (χ1v) is 8.96. The summed E-state index contributed by atoms with van der Waals surface area (Å²) >= 11 is 0. The van der Waals surface area contributed by atoms with E-state index in [1.165, 1.54) is 35.4 Å². The summed E-state index contributed by atoms with van der Waals surface area (Å²) in [7, 11) is 0. The van der Waals surface area contributed by atoms with Crippen molar-refractivity contribution in [3.8, 4) is 11.5 Å². The molecule has 0 aromatic heterocycles. The molecule has 27 heavy (non-hydrogen) atoms. The number of carbonyl (C=O) groups is 2. The van der Waals surface area contributed by atoms with E-state index in [0.717, 1.165) is 12.8 Å². The Balaban J connectivity index is 1.76. The lowest BCUT2D eigenvalue weighted by atomic mass is 9.63. The molecule has 0 spiro atoms. The van der Waals surface area contributed by atoms with E-state index < -0.39 is 12.1 Å². The largest absolute Gasteiger partial charge is 0.519 e. The van der Waals surface area contributed by atoms with Crippen molar-refractivity contribution in [1.29, 1.82) is 0 Å². The third kappa shape index (κ3) is 3.97. The first-order chi connectivity index (χ1) is 12.6. The van der Waals surface area contributed by atoms with Gasteiger partial charge in [-0.3, -0.25) is 0 Å². The van der Waals surface area contributed by atoms with Gasteiger partial charge in [0.1, 0.15) is 11.5 Å². The molecule has 0 unspecified atom stereocenters. The van der Waals surface area contributed by atoms with E-state index in [2.05, 4.69) is 27.7 Å². The molecule has 0 aliphatic heterocycles. The van der Waals surface area contributed by atoms with Crippen LogP contribution in [-0.4, -0.2) is 17.2 Å². The van der Waals surface area contributed by atoms with Gasteiger partial charge in [-0.1, -0.05) is 33.8 Å². The molecule has 0 radical (unpaired) electrons. The second-order valence-electron chi connectivity index (χ2n) is 8.26. The van der Waals surface area contributed by atoms with Crippen LogP contribution >= 0.6 is 0 Å². The molecule has 2 aromatic carbocycles. The number of hydrogen-bond donors (Lipinski definition) is 1. The SMILES string of the molecule is CC1(C)CCC(C)(C)c2cc(OC(=O)Oc3ccc(C(=O)O)cc3)ccc21. The normalized spacial score (nSPS) is 16.9. The molecule has 1 aliphatic carbocycles. The van der Waals surface area contributed by atoms with Gasteiger partial charge in [-0.25, -0.2) is 9.59 Å². The highest BCUT2D eigenvalue weighted by Gasteiger charge is 2.37. The smallest absolute Gasteiger partial charge is 0.478 e. The molecule has 2 aromatic rings. The number of benzene rings is 2. The topological polar surface area (TPSA) is 72.8 Å². The van der Waals surface area contributed by atoms with Crippen LogP contribution in [0.5, 0.6) is 11.5 Å². The fourth-order valence-electron chi connectivity index (χ4n) is 3.51. The standard InChI is InChI=1S/C22H24O5/c1-21(2)11-12-22(3,4)18-13-16(9-10-17(18)21)27-20(25)26-15-7-5-14(6-8-15)19(23)24/h5-10,13H,11-12H2,1-4H3,(H,23,24). The summed E-state index contributed by atoms with van der Waals surface area (Å²) in [6.07, 6.45) is 1.32. The summed E-state index contributed by atoms with van der Waals surface area (Å²) in [6, 6.07) is 11.3. The molecule has 0 fully saturated rings. The monoisotopic (exact) mass is 368 g/mol. The lowest BCUT2D eigenvalue weighted by molar-refractivity contribution is 0.0697. The molecule has 142 valence electrons. The number of carboxylic acid groups (broad SMARTS) is 1.